The van der Waals surface area contributed by atoms with E-state index >= 15 is 0 Å². The highest BCUT2D eigenvalue weighted by atomic mass is 16.1. The molecule has 1 unspecified atom stereocenters. The summed E-state index contributed by atoms with van der Waals surface area (Å²) in [6, 6.07) is 9.11. The number of hydrogen-bond acceptors (Lipinski definition) is 2. The Bertz CT molecular complexity index is 755. The first-order chi connectivity index (χ1) is 11.7. The van der Waals surface area contributed by atoms with Gasteiger partial charge in [0.25, 0.3) is 0 Å². The van der Waals surface area contributed by atoms with E-state index in [1.807, 2.05) is 7.05 Å². The summed E-state index contributed by atoms with van der Waals surface area (Å²) < 4.78 is 2.12. The average molecular weight is 324 g/mol. The molecule has 2 aromatic rings. The monoisotopic (exact) mass is 324 g/mol. The molecule has 24 heavy (non-hydrogen) atoms. The first kappa shape index (κ1) is 15.9. The van der Waals surface area contributed by atoms with Gasteiger partial charge in [-0.15, -0.1) is 0 Å². The third-order valence-electron chi connectivity index (χ3n) is 6.27. The molecule has 1 aromatic heterocycles. The first-order valence-electron chi connectivity index (χ1n) is 9.47. The predicted octanol–water partition coefficient (Wildman–Crippen LogP) is 4.19. The Kier molecular flexibility index (Phi) is 4.21. The maximum Gasteiger partial charge on any atom is 0.183 e. The van der Waals surface area contributed by atoms with Crippen LogP contribution in [0.5, 0.6) is 0 Å². The molecular weight excluding hydrogens is 296 g/mol. The zero-order chi connectivity index (χ0) is 16.7. The van der Waals surface area contributed by atoms with E-state index in [-0.39, 0.29) is 5.92 Å². The lowest BCUT2D eigenvalue weighted by Gasteiger charge is -2.34. The Morgan fingerprint density at radius 1 is 1.12 bits per heavy atom. The summed E-state index contributed by atoms with van der Waals surface area (Å²) in [6.07, 6.45) is 8.71. The third kappa shape index (κ3) is 2.59. The molecule has 3 heteroatoms. The van der Waals surface area contributed by atoms with Gasteiger partial charge in [0.2, 0.25) is 0 Å². The summed E-state index contributed by atoms with van der Waals surface area (Å²) in [7, 11) is 4.27. The van der Waals surface area contributed by atoms with Gasteiger partial charge < -0.3 is 9.47 Å². The maximum absolute atomic E-state index is 13.2. The second kappa shape index (κ2) is 6.36. The number of fused-ring (bicyclic) bond motifs is 3. The molecule has 1 heterocycles. The Balaban J connectivity index is 1.58. The van der Waals surface area contributed by atoms with Gasteiger partial charge in [0.05, 0.1) is 5.69 Å². The summed E-state index contributed by atoms with van der Waals surface area (Å²) in [4.78, 5) is 15.6. The van der Waals surface area contributed by atoms with Crippen LogP contribution in [0.4, 0.5) is 0 Å². The average Bonchev–Trinajstić information content (AvgIpc) is 2.92. The molecule has 0 aliphatic heterocycles. The van der Waals surface area contributed by atoms with Gasteiger partial charge in [-0.25, -0.2) is 0 Å². The molecule has 1 aromatic carbocycles. The summed E-state index contributed by atoms with van der Waals surface area (Å²) in [6.45, 7) is 0.921. The van der Waals surface area contributed by atoms with Crippen molar-refractivity contribution >= 4 is 16.7 Å². The van der Waals surface area contributed by atoms with E-state index in [0.29, 0.717) is 11.8 Å². The second-order valence-electron chi connectivity index (χ2n) is 7.73. The van der Waals surface area contributed by atoms with Crippen molar-refractivity contribution in [3.63, 3.8) is 0 Å². The molecule has 2 aliphatic carbocycles. The molecule has 0 saturated heterocycles. The van der Waals surface area contributed by atoms with Crippen LogP contribution in [-0.2, 0) is 13.5 Å². The number of carbonyl (C=O) groups is 1. The van der Waals surface area contributed by atoms with Crippen LogP contribution in [0.3, 0.4) is 0 Å². The van der Waals surface area contributed by atoms with Crippen LogP contribution in [0.25, 0.3) is 10.9 Å². The summed E-state index contributed by atoms with van der Waals surface area (Å²) in [5, 5.41) is 1.27. The SMILES string of the molecule is CN(CC1CCc2c(n(C)c3ccccc23)C1=O)C1CCCCC1. The molecule has 1 saturated carbocycles. The highest BCUT2D eigenvalue weighted by Gasteiger charge is 2.33. The van der Waals surface area contributed by atoms with Crippen LogP contribution in [0.1, 0.15) is 54.6 Å². The fraction of sp³-hybridized carbons (Fsp3) is 0.571. The fourth-order valence-corrected chi connectivity index (χ4v) is 4.87. The van der Waals surface area contributed by atoms with Gasteiger partial charge >= 0.3 is 0 Å². The Labute approximate surface area is 144 Å². The highest BCUT2D eigenvalue weighted by Crippen LogP contribution is 2.34. The van der Waals surface area contributed by atoms with Crippen LogP contribution in [0.2, 0.25) is 0 Å². The number of ketones is 1. The van der Waals surface area contributed by atoms with Crippen LogP contribution >= 0.6 is 0 Å². The van der Waals surface area contributed by atoms with Crippen molar-refractivity contribution in [2.45, 2.75) is 51.0 Å². The molecule has 0 spiro atoms. The molecule has 0 bridgehead atoms. The van der Waals surface area contributed by atoms with Gasteiger partial charge in [0, 0.05) is 36.5 Å². The Hall–Kier alpha value is -1.61. The number of nitrogens with zero attached hydrogens (tertiary/aromatic N) is 2. The summed E-state index contributed by atoms with van der Waals surface area (Å²) in [5.74, 6) is 0.519. The second-order valence-corrected chi connectivity index (χ2v) is 7.73. The van der Waals surface area contributed by atoms with Crippen molar-refractivity contribution in [2.75, 3.05) is 13.6 Å². The van der Waals surface area contributed by atoms with Gasteiger partial charge in [-0.05, 0) is 44.4 Å². The number of benzene rings is 1. The van der Waals surface area contributed by atoms with Crippen molar-refractivity contribution < 1.29 is 4.79 Å². The van der Waals surface area contributed by atoms with Crippen LogP contribution in [-0.4, -0.2) is 34.9 Å². The topological polar surface area (TPSA) is 25.2 Å². The number of hydrogen-bond donors (Lipinski definition) is 0. The van der Waals surface area contributed by atoms with Gasteiger partial charge in [0.15, 0.2) is 5.78 Å². The van der Waals surface area contributed by atoms with E-state index < -0.39 is 0 Å². The van der Waals surface area contributed by atoms with Crippen LogP contribution < -0.4 is 0 Å². The number of aryl methyl sites for hydroxylation is 2. The molecular formula is C21H28N2O. The van der Waals surface area contributed by atoms with Crippen molar-refractivity contribution in [1.29, 1.82) is 0 Å². The van der Waals surface area contributed by atoms with Gasteiger partial charge in [-0.1, -0.05) is 37.5 Å². The Morgan fingerprint density at radius 2 is 1.88 bits per heavy atom. The minimum absolute atomic E-state index is 0.160. The standard InChI is InChI=1S/C21H28N2O/c1-22(16-8-4-3-5-9-16)14-15-12-13-18-17-10-6-7-11-19(17)23(2)20(18)21(15)24/h6-7,10-11,15-16H,3-5,8-9,12-14H2,1-2H3. The van der Waals surface area contributed by atoms with E-state index in [4.69, 9.17) is 0 Å². The maximum atomic E-state index is 13.2. The smallest absolute Gasteiger partial charge is 0.183 e. The van der Waals surface area contributed by atoms with Crippen molar-refractivity contribution in [1.82, 2.24) is 9.47 Å². The van der Waals surface area contributed by atoms with E-state index in [9.17, 15) is 4.79 Å². The number of para-hydroxylation sites is 1. The lowest BCUT2D eigenvalue weighted by Crippen LogP contribution is -2.40. The molecule has 0 amide bonds. The molecule has 128 valence electrons. The van der Waals surface area contributed by atoms with Crippen LogP contribution in [0.15, 0.2) is 24.3 Å². The van der Waals surface area contributed by atoms with E-state index in [1.54, 1.807) is 0 Å². The third-order valence-corrected chi connectivity index (χ3v) is 6.27. The normalized spacial score (nSPS) is 22.3. The molecule has 0 N–H and O–H groups in total. The lowest BCUT2D eigenvalue weighted by molar-refractivity contribution is 0.0824. The zero-order valence-electron chi connectivity index (χ0n) is 14.9. The number of aromatic nitrogens is 1. The largest absolute Gasteiger partial charge is 0.341 e. The molecule has 0 radical (unpaired) electrons. The van der Waals surface area contributed by atoms with Gasteiger partial charge in [0.1, 0.15) is 0 Å². The molecule has 4 rings (SSSR count). The Morgan fingerprint density at radius 3 is 2.67 bits per heavy atom. The number of Topliss-reactive ketones (excluding diaryl/α,β-unsaturated/α-hetero) is 1. The zero-order valence-corrected chi connectivity index (χ0v) is 14.9. The number of carbonyl (C=O) groups excluding carboxylic acids is 1. The minimum atomic E-state index is 0.160. The van der Waals surface area contributed by atoms with E-state index in [2.05, 4.69) is 40.8 Å². The highest BCUT2D eigenvalue weighted by molar-refractivity contribution is 6.05. The fourth-order valence-electron chi connectivity index (χ4n) is 4.87. The summed E-state index contributed by atoms with van der Waals surface area (Å²) >= 11 is 0. The van der Waals surface area contributed by atoms with E-state index in [0.717, 1.165) is 25.1 Å². The predicted molar refractivity (Wildman–Crippen MR) is 98.6 cm³/mol. The summed E-state index contributed by atoms with van der Waals surface area (Å²) in [5.41, 5.74) is 3.43. The van der Waals surface area contributed by atoms with Gasteiger partial charge in [-0.3, -0.25) is 4.79 Å². The number of rotatable bonds is 3. The van der Waals surface area contributed by atoms with Crippen molar-refractivity contribution in [3.8, 4) is 0 Å². The molecule has 1 fully saturated rings. The van der Waals surface area contributed by atoms with E-state index in [1.165, 1.54) is 48.6 Å². The first-order valence-corrected chi connectivity index (χ1v) is 9.47. The molecule has 3 nitrogen and oxygen atoms in total. The van der Waals surface area contributed by atoms with Crippen LogP contribution in [0, 0.1) is 5.92 Å². The van der Waals surface area contributed by atoms with Crippen molar-refractivity contribution in [3.05, 3.63) is 35.5 Å². The lowest BCUT2D eigenvalue weighted by atomic mass is 9.84. The molecule has 2 aliphatic rings. The van der Waals surface area contributed by atoms with Crippen molar-refractivity contribution in [2.24, 2.45) is 13.0 Å². The molecule has 1 atom stereocenters. The minimum Gasteiger partial charge on any atom is -0.341 e. The van der Waals surface area contributed by atoms with Gasteiger partial charge in [-0.2, -0.15) is 0 Å². The quantitative estimate of drug-likeness (QED) is 0.846.